The number of carbonyl (C=O) groups excluding carboxylic acids is 1. The predicted octanol–water partition coefficient (Wildman–Crippen LogP) is 3.59. The van der Waals surface area contributed by atoms with Gasteiger partial charge >= 0.3 is 0 Å². The number of thioether (sulfide) groups is 1. The van der Waals surface area contributed by atoms with Gasteiger partial charge in [0.15, 0.2) is 0 Å². The highest BCUT2D eigenvalue weighted by Gasteiger charge is 2.23. The van der Waals surface area contributed by atoms with E-state index in [-0.39, 0.29) is 16.5 Å². The molecule has 1 amide bonds. The average Bonchev–Trinajstić information content (AvgIpc) is 2.30. The molecule has 17 heavy (non-hydrogen) atoms. The van der Waals surface area contributed by atoms with E-state index in [1.54, 1.807) is 0 Å². The molecule has 5 heteroatoms. The molecule has 2 unspecified atom stereocenters. The Kier molecular flexibility index (Phi) is 6.78. The van der Waals surface area contributed by atoms with E-state index in [1.807, 2.05) is 37.3 Å². The fourth-order valence-electron chi connectivity index (χ4n) is 1.32. The van der Waals surface area contributed by atoms with Crippen molar-refractivity contribution in [2.75, 3.05) is 16.9 Å². The Morgan fingerprint density at radius 3 is 2.59 bits per heavy atom. The maximum Gasteiger partial charge on any atom is 0.238 e. The Labute approximate surface area is 116 Å². The summed E-state index contributed by atoms with van der Waals surface area (Å²) in [5.74, 6) is 1.16. The fourth-order valence-corrected chi connectivity index (χ4v) is 2.74. The van der Waals surface area contributed by atoms with Crippen LogP contribution < -0.4 is 5.32 Å². The second-order valence-corrected chi connectivity index (χ2v) is 5.83. The van der Waals surface area contributed by atoms with E-state index in [4.69, 9.17) is 23.2 Å². The summed E-state index contributed by atoms with van der Waals surface area (Å²) in [5, 5.41) is 2.33. The maximum atomic E-state index is 12.0. The van der Waals surface area contributed by atoms with Crippen LogP contribution in [0.1, 0.15) is 6.92 Å². The third kappa shape index (κ3) is 5.19. The molecule has 0 aliphatic heterocycles. The molecule has 0 aliphatic rings. The van der Waals surface area contributed by atoms with Crippen LogP contribution in [0.5, 0.6) is 0 Å². The summed E-state index contributed by atoms with van der Waals surface area (Å²) in [6, 6.07) is 9.35. The van der Waals surface area contributed by atoms with Crippen molar-refractivity contribution in [2.45, 2.75) is 17.6 Å². The van der Waals surface area contributed by atoms with Crippen molar-refractivity contribution in [3.8, 4) is 0 Å². The topological polar surface area (TPSA) is 29.1 Å². The first-order chi connectivity index (χ1) is 8.15. The quantitative estimate of drug-likeness (QED) is 0.812. The van der Waals surface area contributed by atoms with Crippen molar-refractivity contribution in [1.29, 1.82) is 0 Å². The fraction of sp³-hybridized carbons (Fsp3) is 0.417. The first kappa shape index (κ1) is 14.7. The van der Waals surface area contributed by atoms with Crippen molar-refractivity contribution < 1.29 is 4.79 Å². The molecule has 0 bridgehead atoms. The number of para-hydroxylation sites is 1. The van der Waals surface area contributed by atoms with Gasteiger partial charge in [-0.2, -0.15) is 0 Å². The van der Waals surface area contributed by atoms with Crippen LogP contribution in [0.2, 0.25) is 0 Å². The summed E-state index contributed by atoms with van der Waals surface area (Å²) in [6.45, 7) is 1.82. The first-order valence-corrected chi connectivity index (χ1v) is 7.34. The summed E-state index contributed by atoms with van der Waals surface area (Å²) < 4.78 is 0. The van der Waals surface area contributed by atoms with E-state index in [9.17, 15) is 4.79 Å². The minimum Gasteiger partial charge on any atom is -0.325 e. The second kappa shape index (κ2) is 7.85. The smallest absolute Gasteiger partial charge is 0.238 e. The Bertz CT molecular complexity index is 346. The van der Waals surface area contributed by atoms with Gasteiger partial charge in [-0.25, -0.2) is 0 Å². The Morgan fingerprint density at radius 2 is 2.06 bits per heavy atom. The molecular weight excluding hydrogens is 277 g/mol. The number of benzene rings is 1. The molecule has 0 radical (unpaired) electrons. The molecule has 1 aromatic carbocycles. The van der Waals surface area contributed by atoms with Gasteiger partial charge in [-0.3, -0.25) is 4.79 Å². The summed E-state index contributed by atoms with van der Waals surface area (Å²) in [6.07, 6.45) is 0. The first-order valence-electron chi connectivity index (χ1n) is 5.32. The van der Waals surface area contributed by atoms with E-state index in [1.165, 1.54) is 11.8 Å². The van der Waals surface area contributed by atoms with Crippen molar-refractivity contribution in [1.82, 2.24) is 0 Å². The zero-order valence-electron chi connectivity index (χ0n) is 9.53. The Hall–Kier alpha value is -0.380. The normalized spacial score (nSPS) is 14.1. The summed E-state index contributed by atoms with van der Waals surface area (Å²) in [4.78, 5) is 12.0. The molecule has 1 aromatic rings. The highest BCUT2D eigenvalue weighted by molar-refractivity contribution is 8.00. The van der Waals surface area contributed by atoms with Crippen molar-refractivity contribution in [2.24, 2.45) is 0 Å². The van der Waals surface area contributed by atoms with Crippen LogP contribution in [0.25, 0.3) is 0 Å². The molecule has 0 fully saturated rings. The molecule has 1 N–H and O–H groups in total. The van der Waals surface area contributed by atoms with Crippen LogP contribution >= 0.6 is 35.0 Å². The summed E-state index contributed by atoms with van der Waals surface area (Å²) in [7, 11) is 0. The molecule has 0 aromatic heterocycles. The van der Waals surface area contributed by atoms with Gasteiger partial charge in [0.25, 0.3) is 0 Å². The standard InChI is InChI=1S/C12H15Cl2NOS/c1-9(14)11(17-8-7-13)12(16)15-10-5-3-2-4-6-10/h2-6,9,11H,7-8H2,1H3,(H,15,16). The van der Waals surface area contributed by atoms with Gasteiger partial charge in [-0.15, -0.1) is 35.0 Å². The van der Waals surface area contributed by atoms with Crippen LogP contribution in [-0.2, 0) is 4.79 Å². The molecule has 0 saturated heterocycles. The Balaban J connectivity index is 2.59. The molecule has 0 aliphatic carbocycles. The number of anilines is 1. The van der Waals surface area contributed by atoms with Gasteiger partial charge in [0.1, 0.15) is 0 Å². The van der Waals surface area contributed by atoms with Gasteiger partial charge in [-0.1, -0.05) is 18.2 Å². The highest BCUT2D eigenvalue weighted by atomic mass is 35.5. The zero-order valence-corrected chi connectivity index (χ0v) is 11.9. The van der Waals surface area contributed by atoms with Gasteiger partial charge in [-0.05, 0) is 19.1 Å². The number of amides is 1. The van der Waals surface area contributed by atoms with Crippen LogP contribution in [-0.4, -0.2) is 28.2 Å². The lowest BCUT2D eigenvalue weighted by Crippen LogP contribution is -2.31. The SMILES string of the molecule is CC(Cl)C(SCCCl)C(=O)Nc1ccccc1. The van der Waals surface area contributed by atoms with E-state index in [0.29, 0.717) is 11.6 Å². The molecule has 1 rings (SSSR count). The minimum atomic E-state index is -0.282. The van der Waals surface area contributed by atoms with Crippen molar-refractivity contribution in [3.05, 3.63) is 30.3 Å². The molecular formula is C12H15Cl2NOS. The molecule has 0 heterocycles. The predicted molar refractivity (Wildman–Crippen MR) is 77.4 cm³/mol. The number of alkyl halides is 2. The lowest BCUT2D eigenvalue weighted by Gasteiger charge is -2.18. The van der Waals surface area contributed by atoms with E-state index in [0.717, 1.165) is 5.69 Å². The lowest BCUT2D eigenvalue weighted by atomic mass is 10.2. The van der Waals surface area contributed by atoms with Gasteiger partial charge < -0.3 is 5.32 Å². The number of nitrogens with one attached hydrogen (secondary N) is 1. The largest absolute Gasteiger partial charge is 0.325 e. The Morgan fingerprint density at radius 1 is 1.41 bits per heavy atom. The molecule has 2 nitrogen and oxygen atoms in total. The van der Waals surface area contributed by atoms with Crippen LogP contribution in [0.4, 0.5) is 5.69 Å². The maximum absolute atomic E-state index is 12.0. The monoisotopic (exact) mass is 291 g/mol. The number of carbonyl (C=O) groups is 1. The number of halogens is 2. The van der Waals surface area contributed by atoms with E-state index in [2.05, 4.69) is 5.32 Å². The number of hydrogen-bond acceptors (Lipinski definition) is 2. The van der Waals surface area contributed by atoms with Crippen LogP contribution in [0, 0.1) is 0 Å². The number of rotatable bonds is 6. The van der Waals surface area contributed by atoms with Crippen molar-refractivity contribution in [3.63, 3.8) is 0 Å². The van der Waals surface area contributed by atoms with Gasteiger partial charge in [0.2, 0.25) is 5.91 Å². The molecule has 2 atom stereocenters. The zero-order chi connectivity index (χ0) is 12.7. The lowest BCUT2D eigenvalue weighted by molar-refractivity contribution is -0.115. The highest BCUT2D eigenvalue weighted by Crippen LogP contribution is 2.21. The third-order valence-corrected chi connectivity index (χ3v) is 4.33. The van der Waals surface area contributed by atoms with Crippen molar-refractivity contribution >= 4 is 46.6 Å². The van der Waals surface area contributed by atoms with E-state index >= 15 is 0 Å². The molecule has 0 spiro atoms. The second-order valence-electron chi connectivity index (χ2n) is 3.51. The number of hydrogen-bond donors (Lipinski definition) is 1. The summed E-state index contributed by atoms with van der Waals surface area (Å²) >= 11 is 13.1. The minimum absolute atomic E-state index is 0.0752. The van der Waals surface area contributed by atoms with Crippen LogP contribution in [0.3, 0.4) is 0 Å². The average molecular weight is 292 g/mol. The third-order valence-electron chi connectivity index (χ3n) is 2.09. The molecule has 94 valence electrons. The van der Waals surface area contributed by atoms with Crippen LogP contribution in [0.15, 0.2) is 30.3 Å². The summed E-state index contributed by atoms with van der Waals surface area (Å²) in [5.41, 5.74) is 0.784. The van der Waals surface area contributed by atoms with Gasteiger partial charge in [0.05, 0.1) is 10.6 Å². The molecule has 0 saturated carbocycles. The van der Waals surface area contributed by atoms with Gasteiger partial charge in [0, 0.05) is 17.3 Å². The van der Waals surface area contributed by atoms with E-state index < -0.39 is 0 Å².